The average molecular weight is 485 g/mol. The quantitative estimate of drug-likeness (QED) is 0.222. The van der Waals surface area contributed by atoms with Gasteiger partial charge in [-0.05, 0) is 25.0 Å². The number of carboxylic acids is 1. The minimum absolute atomic E-state index is 0.0154. The molecule has 5 atom stereocenters. The molecule has 2 fully saturated rings. The summed E-state index contributed by atoms with van der Waals surface area (Å²) in [6, 6.07) is 7.23. The van der Waals surface area contributed by atoms with Crippen LogP contribution in [0.3, 0.4) is 0 Å². The molecule has 0 spiro atoms. The first kappa shape index (κ1) is 24.4. The highest BCUT2D eigenvalue weighted by atomic mass is 32.2. The molecule has 11 nitrogen and oxygen atoms in total. The largest absolute Gasteiger partial charge is 0.477 e. The van der Waals surface area contributed by atoms with Gasteiger partial charge in [0.15, 0.2) is 5.85 Å². The van der Waals surface area contributed by atoms with Crippen LogP contribution in [0.5, 0.6) is 0 Å². The summed E-state index contributed by atoms with van der Waals surface area (Å²) in [6.07, 6.45) is -0.254. The van der Waals surface area contributed by atoms with Crippen LogP contribution in [-0.2, 0) is 23.7 Å². The molecule has 32 heavy (non-hydrogen) atoms. The van der Waals surface area contributed by atoms with Crippen molar-refractivity contribution < 1.29 is 38.6 Å². The Kier molecular flexibility index (Phi) is 7.13. The molecule has 0 saturated carbocycles. The van der Waals surface area contributed by atoms with Gasteiger partial charge >= 0.3 is 13.6 Å². The van der Waals surface area contributed by atoms with E-state index >= 15 is 0 Å². The first-order valence-corrected chi connectivity index (χ1v) is 12.4. The van der Waals surface area contributed by atoms with Gasteiger partial charge in [-0.15, -0.1) is 11.8 Å². The molecule has 3 aliphatic heterocycles. The van der Waals surface area contributed by atoms with Crippen molar-refractivity contribution in [1.82, 2.24) is 10.2 Å². The molecule has 4 rings (SSSR count). The third-order valence-corrected chi connectivity index (χ3v) is 7.74. The summed E-state index contributed by atoms with van der Waals surface area (Å²) in [5.74, 6) is -2.31. The van der Waals surface area contributed by atoms with E-state index in [1.165, 1.54) is 16.7 Å². The van der Waals surface area contributed by atoms with E-state index in [1.807, 2.05) is 6.07 Å². The van der Waals surface area contributed by atoms with E-state index in [4.69, 9.17) is 15.5 Å². The fourth-order valence-corrected chi connectivity index (χ4v) is 5.55. The lowest BCUT2D eigenvalue weighted by Gasteiger charge is -2.49. The van der Waals surface area contributed by atoms with Crippen molar-refractivity contribution in [3.8, 4) is 0 Å². The van der Waals surface area contributed by atoms with Crippen molar-refractivity contribution in [2.45, 2.75) is 43.3 Å². The van der Waals surface area contributed by atoms with Crippen LogP contribution in [0.15, 0.2) is 41.6 Å². The molecule has 2 saturated heterocycles. The zero-order valence-corrected chi connectivity index (χ0v) is 19.0. The van der Waals surface area contributed by atoms with E-state index < -0.39 is 48.7 Å². The minimum Gasteiger partial charge on any atom is -0.477 e. The van der Waals surface area contributed by atoms with Gasteiger partial charge in [-0.1, -0.05) is 30.3 Å². The molecule has 13 heteroatoms. The number of carbonyl (C=O) groups excluding carboxylic acids is 2. The molecule has 2 amide bonds. The fourth-order valence-electron chi connectivity index (χ4n) is 3.36. The molecule has 0 unspecified atom stereocenters. The van der Waals surface area contributed by atoms with Crippen LogP contribution in [0.4, 0.5) is 0 Å². The van der Waals surface area contributed by atoms with E-state index in [9.17, 15) is 24.1 Å². The molecule has 1 aromatic rings. The summed E-state index contributed by atoms with van der Waals surface area (Å²) in [6.45, 7) is 3.32. The second kappa shape index (κ2) is 9.34. The normalized spacial score (nSPS) is 27.4. The molecule has 0 bridgehead atoms. The van der Waals surface area contributed by atoms with Gasteiger partial charge in [0.25, 0.3) is 5.91 Å². The maximum atomic E-state index is 12.3. The molecule has 3 heterocycles. The molecule has 0 aromatic heterocycles. The molecule has 1 aromatic carbocycles. The van der Waals surface area contributed by atoms with Gasteiger partial charge in [0.05, 0.1) is 6.10 Å². The zero-order valence-electron chi connectivity index (χ0n) is 17.2. The van der Waals surface area contributed by atoms with Crippen molar-refractivity contribution in [3.63, 3.8) is 0 Å². The highest BCUT2D eigenvalue weighted by Gasteiger charge is 2.54. The smallest absolute Gasteiger partial charge is 0.356 e. The number of epoxide rings is 1. The highest BCUT2D eigenvalue weighted by molar-refractivity contribution is 8.00. The van der Waals surface area contributed by atoms with Crippen molar-refractivity contribution in [1.29, 1.82) is 0 Å². The van der Waals surface area contributed by atoms with Gasteiger partial charge in [-0.25, -0.2) is 4.79 Å². The predicted molar refractivity (Wildman–Crippen MR) is 115 cm³/mol. The minimum atomic E-state index is -3.90. The van der Waals surface area contributed by atoms with Gasteiger partial charge < -0.3 is 30.7 Å². The Balaban J connectivity index is 0.000000305. The summed E-state index contributed by atoms with van der Waals surface area (Å²) in [4.78, 5) is 53.8. The molecule has 0 aliphatic carbocycles. The lowest BCUT2D eigenvalue weighted by molar-refractivity contribution is -0.150. The number of rotatable bonds is 5. The summed E-state index contributed by atoms with van der Waals surface area (Å²) in [7, 11) is -3.90. The van der Waals surface area contributed by atoms with Gasteiger partial charge in [-0.3, -0.25) is 19.1 Å². The number of nitrogens with two attached hydrogens (primary N) is 1. The van der Waals surface area contributed by atoms with Crippen molar-refractivity contribution >= 4 is 37.1 Å². The van der Waals surface area contributed by atoms with E-state index in [0.717, 1.165) is 0 Å². The third-order valence-electron chi connectivity index (χ3n) is 5.11. The number of benzene rings is 1. The van der Waals surface area contributed by atoms with Crippen LogP contribution in [0.25, 0.3) is 0 Å². The van der Waals surface area contributed by atoms with Crippen molar-refractivity contribution in [2.24, 2.45) is 5.73 Å². The summed E-state index contributed by atoms with van der Waals surface area (Å²) < 4.78 is 14.7. The second-order valence-electron chi connectivity index (χ2n) is 7.54. The van der Waals surface area contributed by atoms with Crippen LogP contribution in [0.1, 0.15) is 25.5 Å². The topological polar surface area (TPSA) is 183 Å². The fraction of sp³-hybridized carbons (Fsp3) is 0.421. The number of thioether (sulfide) groups is 1. The van der Waals surface area contributed by atoms with Crippen LogP contribution < -0.4 is 11.1 Å². The predicted octanol–water partition coefficient (Wildman–Crippen LogP) is 0.354. The zero-order chi connectivity index (χ0) is 23.8. The van der Waals surface area contributed by atoms with Gasteiger partial charge in [0.1, 0.15) is 23.2 Å². The maximum absolute atomic E-state index is 12.3. The second-order valence-corrected chi connectivity index (χ2v) is 10.3. The lowest BCUT2D eigenvalue weighted by Crippen LogP contribution is -2.71. The highest BCUT2D eigenvalue weighted by Crippen LogP contribution is 2.52. The number of ether oxygens (including phenoxy) is 1. The Morgan fingerprint density at radius 3 is 2.38 bits per heavy atom. The Labute approximate surface area is 188 Å². The first-order valence-electron chi connectivity index (χ1n) is 9.62. The molecule has 6 N–H and O–H groups in total. The van der Waals surface area contributed by atoms with Gasteiger partial charge in [0, 0.05) is 5.75 Å². The standard InChI is InChI=1S/C16H17N3O4S.C3H7O4P/c1-8-7-24-15-11(14(21)19(15)12(8)16(22)23)18-13(20)10(17)9-5-3-2-4-6-9;1-2-3(7-2)8(4,5)6/h2-6,10-11,15H,7,17H2,1H3,(H,18,20)(H,22,23);2-3H,1H3,(H2,4,5,6)/t10-,11+,15+;2-,3+/m00/s1. The van der Waals surface area contributed by atoms with E-state index in [2.05, 4.69) is 10.1 Å². The Hall–Kier alpha value is -2.21. The SMILES string of the molecule is CC1=C(C(=O)O)N2C(=O)[C@@H](NC(=O)[C@@H](N)c3ccccc3)[C@H]2SC1.C[C@@H]1O[C@@H]1P(=O)(O)O. The summed E-state index contributed by atoms with van der Waals surface area (Å²) in [5.41, 5.74) is 7.24. The number of carboxylic acid groups (broad SMARTS) is 1. The van der Waals surface area contributed by atoms with E-state index in [-0.39, 0.29) is 11.8 Å². The number of nitrogens with one attached hydrogen (secondary N) is 1. The summed E-state index contributed by atoms with van der Waals surface area (Å²) in [5, 5.41) is 11.5. The maximum Gasteiger partial charge on any atom is 0.356 e. The number of hydrogen-bond acceptors (Lipinski definition) is 7. The van der Waals surface area contributed by atoms with E-state index in [0.29, 0.717) is 16.9 Å². The monoisotopic (exact) mass is 485 g/mol. The van der Waals surface area contributed by atoms with Crippen LogP contribution in [-0.4, -0.2) is 66.7 Å². The third kappa shape index (κ3) is 5.06. The van der Waals surface area contributed by atoms with Gasteiger partial charge in [0.2, 0.25) is 5.91 Å². The Morgan fingerprint density at radius 1 is 1.31 bits per heavy atom. The molecule has 174 valence electrons. The van der Waals surface area contributed by atoms with Crippen LogP contribution in [0, 0.1) is 0 Å². The number of β-lactam (4-membered cyclic amide) rings is 1. The molecular formula is C19H24N3O8PS. The molecule has 0 radical (unpaired) electrons. The average Bonchev–Trinajstić information content (AvgIpc) is 3.49. The number of fused-ring (bicyclic) bond motifs is 1. The Bertz CT molecular complexity index is 998. The van der Waals surface area contributed by atoms with Gasteiger partial charge in [-0.2, -0.15) is 0 Å². The number of amides is 2. The summed E-state index contributed by atoms with van der Waals surface area (Å²) >= 11 is 1.43. The first-order chi connectivity index (χ1) is 14.9. The van der Waals surface area contributed by atoms with Crippen molar-refractivity contribution in [2.75, 3.05) is 5.75 Å². The number of carbonyl (C=O) groups is 3. The van der Waals surface area contributed by atoms with Crippen molar-refractivity contribution in [3.05, 3.63) is 47.2 Å². The number of nitrogens with zero attached hydrogens (tertiary/aromatic N) is 1. The molecular weight excluding hydrogens is 461 g/mol. The Morgan fingerprint density at radius 2 is 1.91 bits per heavy atom. The van der Waals surface area contributed by atoms with Crippen LogP contribution >= 0.6 is 19.4 Å². The van der Waals surface area contributed by atoms with E-state index in [1.54, 1.807) is 38.1 Å². The lowest BCUT2D eigenvalue weighted by atomic mass is 10.0. The molecule has 3 aliphatic rings. The number of aliphatic carboxylic acids is 1. The van der Waals surface area contributed by atoms with Crippen LogP contribution in [0.2, 0.25) is 0 Å². The number of hydrogen-bond donors (Lipinski definition) is 5.